The highest BCUT2D eigenvalue weighted by Gasteiger charge is 2.36. The molecule has 9 heteroatoms. The molecule has 1 aliphatic heterocycles. The average molecular weight is 456 g/mol. The van der Waals surface area contributed by atoms with Gasteiger partial charge >= 0.3 is 5.97 Å². The van der Waals surface area contributed by atoms with Crippen LogP contribution in [0.4, 0.5) is 4.79 Å². The van der Waals surface area contributed by atoms with Crippen LogP contribution >= 0.6 is 23.4 Å². The number of rotatable bonds is 9. The first kappa shape index (κ1) is 24.1. The monoisotopic (exact) mass is 455 g/mol. The molecule has 1 fully saturated rings. The fourth-order valence-corrected chi connectivity index (χ4v) is 3.65. The van der Waals surface area contributed by atoms with Gasteiger partial charge in [-0.15, -0.1) is 0 Å². The Labute approximate surface area is 185 Å². The van der Waals surface area contributed by atoms with Crippen molar-refractivity contribution in [1.29, 1.82) is 0 Å². The van der Waals surface area contributed by atoms with Crippen LogP contribution in [0.5, 0.6) is 11.5 Å². The van der Waals surface area contributed by atoms with Crippen LogP contribution in [-0.2, 0) is 14.3 Å². The van der Waals surface area contributed by atoms with Gasteiger partial charge in [-0.3, -0.25) is 19.3 Å². The standard InChI is InChI=1S/C21H26ClNO6S/c1-6-13(5)29-19-15(22)8-14(9-16(19)27-7-2)10-17-20(25)23(21(26)30-17)11-18(24)28-12(3)4/h8-10,12-13H,6-7,11H2,1-5H3/b17-10+/t13-/m0/s1. The molecule has 0 saturated carbocycles. The van der Waals surface area contributed by atoms with E-state index in [0.29, 0.717) is 28.7 Å². The van der Waals surface area contributed by atoms with E-state index in [4.69, 9.17) is 25.8 Å². The van der Waals surface area contributed by atoms with Crippen LogP contribution < -0.4 is 9.47 Å². The van der Waals surface area contributed by atoms with E-state index in [9.17, 15) is 14.4 Å². The quantitative estimate of drug-likeness (QED) is 0.386. The normalized spacial score (nSPS) is 16.4. The second-order valence-corrected chi connectivity index (χ2v) is 8.31. The van der Waals surface area contributed by atoms with Crippen LogP contribution in [-0.4, -0.2) is 47.4 Å². The van der Waals surface area contributed by atoms with E-state index < -0.39 is 23.7 Å². The zero-order valence-electron chi connectivity index (χ0n) is 17.7. The highest BCUT2D eigenvalue weighted by Crippen LogP contribution is 2.39. The molecule has 1 heterocycles. The Hall–Kier alpha value is -2.19. The Kier molecular flexibility index (Phi) is 8.61. The number of benzene rings is 1. The van der Waals surface area contributed by atoms with Crippen molar-refractivity contribution in [3.05, 3.63) is 27.6 Å². The summed E-state index contributed by atoms with van der Waals surface area (Å²) in [6.07, 6.45) is 1.97. The Bertz CT molecular complexity index is 854. The minimum atomic E-state index is -0.637. The summed E-state index contributed by atoms with van der Waals surface area (Å²) in [5.41, 5.74) is 0.579. The molecule has 1 atom stereocenters. The first-order valence-electron chi connectivity index (χ1n) is 9.74. The van der Waals surface area contributed by atoms with E-state index in [1.165, 1.54) is 0 Å². The minimum absolute atomic E-state index is 0.0466. The molecule has 7 nitrogen and oxygen atoms in total. The number of nitrogens with zero attached hydrogens (tertiary/aromatic N) is 1. The molecule has 1 saturated heterocycles. The van der Waals surface area contributed by atoms with Crippen LogP contribution in [0.25, 0.3) is 6.08 Å². The molecule has 0 unspecified atom stereocenters. The van der Waals surface area contributed by atoms with E-state index in [0.717, 1.165) is 23.1 Å². The van der Waals surface area contributed by atoms with Gasteiger partial charge in [0.2, 0.25) is 0 Å². The molecule has 1 aliphatic rings. The molecule has 30 heavy (non-hydrogen) atoms. The highest BCUT2D eigenvalue weighted by molar-refractivity contribution is 8.18. The molecular formula is C21H26ClNO6S. The molecule has 0 radical (unpaired) electrons. The molecule has 1 aromatic carbocycles. The fourth-order valence-electron chi connectivity index (χ4n) is 2.55. The van der Waals surface area contributed by atoms with Crippen LogP contribution in [0.15, 0.2) is 17.0 Å². The zero-order chi connectivity index (χ0) is 22.4. The third kappa shape index (κ3) is 6.15. The maximum absolute atomic E-state index is 12.6. The van der Waals surface area contributed by atoms with Gasteiger partial charge in [0, 0.05) is 0 Å². The number of hydrogen-bond acceptors (Lipinski definition) is 7. The van der Waals surface area contributed by atoms with Crippen LogP contribution in [0, 0.1) is 0 Å². The topological polar surface area (TPSA) is 82.1 Å². The molecular weight excluding hydrogens is 430 g/mol. The SMILES string of the molecule is CCOc1cc(/C=C2/SC(=O)N(CC(=O)OC(C)C)C2=O)cc(Cl)c1O[C@@H](C)CC. The second kappa shape index (κ2) is 10.7. The number of carbonyl (C=O) groups is 3. The van der Waals surface area contributed by atoms with Crippen molar-refractivity contribution in [3.8, 4) is 11.5 Å². The largest absolute Gasteiger partial charge is 0.490 e. The van der Waals surface area contributed by atoms with Gasteiger partial charge in [-0.2, -0.15) is 0 Å². The Balaban J connectivity index is 2.28. The van der Waals surface area contributed by atoms with Crippen molar-refractivity contribution >= 4 is 46.6 Å². The molecule has 1 aromatic rings. The molecule has 164 valence electrons. The Morgan fingerprint density at radius 3 is 2.53 bits per heavy atom. The lowest BCUT2D eigenvalue weighted by Gasteiger charge is -2.18. The van der Waals surface area contributed by atoms with E-state index in [1.54, 1.807) is 32.1 Å². The summed E-state index contributed by atoms with van der Waals surface area (Å²) in [6.45, 7) is 9.15. The highest BCUT2D eigenvalue weighted by atomic mass is 35.5. The van der Waals surface area contributed by atoms with Crippen molar-refractivity contribution in [2.24, 2.45) is 0 Å². The van der Waals surface area contributed by atoms with E-state index in [2.05, 4.69) is 0 Å². The van der Waals surface area contributed by atoms with E-state index in [1.807, 2.05) is 20.8 Å². The number of amides is 2. The Morgan fingerprint density at radius 2 is 1.93 bits per heavy atom. The van der Waals surface area contributed by atoms with E-state index in [-0.39, 0.29) is 17.1 Å². The summed E-state index contributed by atoms with van der Waals surface area (Å²) in [5.74, 6) is -0.299. The summed E-state index contributed by atoms with van der Waals surface area (Å²) in [7, 11) is 0. The average Bonchev–Trinajstić information content (AvgIpc) is 2.91. The molecule has 0 aromatic heterocycles. The second-order valence-electron chi connectivity index (χ2n) is 6.91. The maximum Gasteiger partial charge on any atom is 0.326 e. The molecule has 0 bridgehead atoms. The fraction of sp³-hybridized carbons (Fsp3) is 0.476. The van der Waals surface area contributed by atoms with Crippen LogP contribution in [0.2, 0.25) is 5.02 Å². The summed E-state index contributed by atoms with van der Waals surface area (Å²) in [5, 5.41) is -0.188. The van der Waals surface area contributed by atoms with Gasteiger partial charge in [0.25, 0.3) is 11.1 Å². The van der Waals surface area contributed by atoms with Gasteiger partial charge in [-0.25, -0.2) is 0 Å². The smallest absolute Gasteiger partial charge is 0.326 e. The van der Waals surface area contributed by atoms with Crippen molar-refractivity contribution in [2.45, 2.75) is 53.2 Å². The minimum Gasteiger partial charge on any atom is -0.490 e. The predicted octanol–water partition coefficient (Wildman–Crippen LogP) is 4.90. The van der Waals surface area contributed by atoms with Crippen molar-refractivity contribution in [1.82, 2.24) is 4.90 Å². The third-order valence-corrected chi connectivity index (χ3v) is 5.24. The summed E-state index contributed by atoms with van der Waals surface area (Å²) >= 11 is 7.16. The predicted molar refractivity (Wildman–Crippen MR) is 117 cm³/mol. The maximum atomic E-state index is 12.6. The first-order valence-corrected chi connectivity index (χ1v) is 10.9. The Morgan fingerprint density at radius 1 is 1.23 bits per heavy atom. The number of halogens is 1. The lowest BCUT2D eigenvalue weighted by atomic mass is 10.1. The zero-order valence-corrected chi connectivity index (χ0v) is 19.3. The number of carbonyl (C=O) groups excluding carboxylic acids is 3. The van der Waals surface area contributed by atoms with Gasteiger partial charge in [0.15, 0.2) is 11.5 Å². The number of ether oxygens (including phenoxy) is 3. The van der Waals surface area contributed by atoms with Crippen LogP contribution in [0.1, 0.15) is 46.6 Å². The third-order valence-electron chi connectivity index (χ3n) is 4.05. The molecule has 0 aliphatic carbocycles. The summed E-state index contributed by atoms with van der Waals surface area (Å²) < 4.78 is 16.5. The number of hydrogen-bond donors (Lipinski definition) is 0. The summed E-state index contributed by atoms with van der Waals surface area (Å²) in [4.78, 5) is 37.7. The first-order chi connectivity index (χ1) is 14.2. The van der Waals surface area contributed by atoms with Gasteiger partial charge in [-0.05, 0) is 69.6 Å². The van der Waals surface area contributed by atoms with Gasteiger partial charge in [-0.1, -0.05) is 18.5 Å². The van der Waals surface area contributed by atoms with Gasteiger partial charge < -0.3 is 14.2 Å². The van der Waals surface area contributed by atoms with Crippen molar-refractivity contribution in [2.75, 3.05) is 13.2 Å². The lowest BCUT2D eigenvalue weighted by molar-refractivity contribution is -0.149. The van der Waals surface area contributed by atoms with Crippen molar-refractivity contribution < 1.29 is 28.6 Å². The molecule has 2 amide bonds. The lowest BCUT2D eigenvalue weighted by Crippen LogP contribution is -2.35. The van der Waals surface area contributed by atoms with Gasteiger partial charge in [0.1, 0.15) is 6.54 Å². The molecule has 0 N–H and O–H groups in total. The molecule has 0 spiro atoms. The summed E-state index contributed by atoms with van der Waals surface area (Å²) in [6, 6.07) is 3.34. The number of thioether (sulfide) groups is 1. The number of esters is 1. The molecule has 2 rings (SSSR count). The van der Waals surface area contributed by atoms with Gasteiger partial charge in [0.05, 0.1) is 28.7 Å². The van der Waals surface area contributed by atoms with Crippen LogP contribution in [0.3, 0.4) is 0 Å². The van der Waals surface area contributed by atoms with Crippen molar-refractivity contribution in [3.63, 3.8) is 0 Å². The number of imide groups is 1. The van der Waals surface area contributed by atoms with E-state index >= 15 is 0 Å².